The SMILES string of the molecule is C=C[Si](C)(OCCCCCCCCCC)OCC(CC)CCCC. The molecule has 144 valence electrons. The van der Waals surface area contributed by atoms with Gasteiger partial charge in [0, 0.05) is 13.2 Å². The van der Waals surface area contributed by atoms with Crippen LogP contribution in [0.15, 0.2) is 12.3 Å². The van der Waals surface area contributed by atoms with Crippen LogP contribution in [0.4, 0.5) is 0 Å². The summed E-state index contributed by atoms with van der Waals surface area (Å²) in [6.07, 6.45) is 15.7. The fourth-order valence-electron chi connectivity index (χ4n) is 2.85. The Morgan fingerprint density at radius 3 is 1.96 bits per heavy atom. The second kappa shape index (κ2) is 16.4. The van der Waals surface area contributed by atoms with Gasteiger partial charge in [-0.2, -0.15) is 0 Å². The van der Waals surface area contributed by atoms with Crippen LogP contribution in [0.2, 0.25) is 6.55 Å². The van der Waals surface area contributed by atoms with Crippen LogP contribution in [-0.2, 0) is 8.85 Å². The van der Waals surface area contributed by atoms with Gasteiger partial charge in [0.1, 0.15) is 0 Å². The molecule has 0 bridgehead atoms. The van der Waals surface area contributed by atoms with Crippen molar-refractivity contribution in [2.24, 2.45) is 5.92 Å². The summed E-state index contributed by atoms with van der Waals surface area (Å²) in [4.78, 5) is 0. The summed E-state index contributed by atoms with van der Waals surface area (Å²) < 4.78 is 12.3. The average molecular weight is 357 g/mol. The molecule has 0 aromatic heterocycles. The Morgan fingerprint density at radius 1 is 0.833 bits per heavy atom. The van der Waals surface area contributed by atoms with Gasteiger partial charge in [-0.15, -0.1) is 6.58 Å². The molecule has 0 saturated heterocycles. The maximum absolute atomic E-state index is 6.20. The van der Waals surface area contributed by atoms with Gasteiger partial charge in [-0.05, 0) is 31.0 Å². The number of unbranched alkanes of at least 4 members (excludes halogenated alkanes) is 8. The standard InChI is InChI=1S/C21H44O2Si/c1-6-10-12-13-14-15-16-17-19-22-24(5,9-4)23-20-21(8-3)18-11-7-2/h9,21H,4,6-8,10-20H2,1-3,5H3. The first-order chi connectivity index (χ1) is 11.6. The molecule has 0 aliphatic rings. The fourth-order valence-corrected chi connectivity index (χ4v) is 4.29. The van der Waals surface area contributed by atoms with Crippen LogP contribution in [0.1, 0.15) is 97.8 Å². The molecule has 0 amide bonds. The summed E-state index contributed by atoms with van der Waals surface area (Å²) in [7, 11) is -2.16. The van der Waals surface area contributed by atoms with Crippen molar-refractivity contribution in [3.8, 4) is 0 Å². The molecule has 0 aromatic carbocycles. The lowest BCUT2D eigenvalue weighted by atomic mass is 10.0. The molecule has 0 fully saturated rings. The summed E-state index contributed by atoms with van der Waals surface area (Å²) in [6, 6.07) is 0. The summed E-state index contributed by atoms with van der Waals surface area (Å²) in [5.41, 5.74) is 1.95. The van der Waals surface area contributed by atoms with Crippen LogP contribution in [0.3, 0.4) is 0 Å². The van der Waals surface area contributed by atoms with Crippen LogP contribution in [0.5, 0.6) is 0 Å². The number of rotatable bonds is 18. The van der Waals surface area contributed by atoms with Gasteiger partial charge in [-0.1, -0.05) is 85.0 Å². The lowest BCUT2D eigenvalue weighted by molar-refractivity contribution is 0.150. The van der Waals surface area contributed by atoms with E-state index in [0.29, 0.717) is 5.92 Å². The third-order valence-corrected chi connectivity index (χ3v) is 7.17. The molecule has 0 aromatic rings. The Kier molecular flexibility index (Phi) is 16.3. The third kappa shape index (κ3) is 13.2. The molecule has 3 heteroatoms. The van der Waals surface area contributed by atoms with Gasteiger partial charge >= 0.3 is 8.56 Å². The second-order valence-electron chi connectivity index (χ2n) is 7.27. The Balaban J connectivity index is 3.80. The van der Waals surface area contributed by atoms with Crippen LogP contribution < -0.4 is 0 Å². The molecule has 2 unspecified atom stereocenters. The maximum Gasteiger partial charge on any atom is 0.361 e. The van der Waals surface area contributed by atoms with Gasteiger partial charge in [-0.3, -0.25) is 0 Å². The van der Waals surface area contributed by atoms with Crippen molar-refractivity contribution in [1.82, 2.24) is 0 Å². The molecule has 24 heavy (non-hydrogen) atoms. The minimum atomic E-state index is -2.16. The van der Waals surface area contributed by atoms with Gasteiger partial charge in [-0.25, -0.2) is 0 Å². The zero-order valence-electron chi connectivity index (χ0n) is 17.1. The lowest BCUT2D eigenvalue weighted by Gasteiger charge is -2.26. The molecule has 0 aliphatic heterocycles. The van der Waals surface area contributed by atoms with Crippen molar-refractivity contribution in [1.29, 1.82) is 0 Å². The van der Waals surface area contributed by atoms with Crippen LogP contribution in [-0.4, -0.2) is 21.8 Å². The Labute approximate surface area is 153 Å². The van der Waals surface area contributed by atoms with Crippen LogP contribution in [0.25, 0.3) is 0 Å². The topological polar surface area (TPSA) is 18.5 Å². The van der Waals surface area contributed by atoms with E-state index in [1.54, 1.807) is 0 Å². The van der Waals surface area contributed by atoms with Crippen LogP contribution in [0, 0.1) is 5.92 Å². The van der Waals surface area contributed by atoms with Crippen molar-refractivity contribution in [2.75, 3.05) is 13.2 Å². The highest BCUT2D eigenvalue weighted by molar-refractivity contribution is 6.71. The zero-order valence-corrected chi connectivity index (χ0v) is 18.1. The largest absolute Gasteiger partial charge is 0.391 e. The molecule has 2 atom stereocenters. The molecular formula is C21H44O2Si. The van der Waals surface area contributed by atoms with E-state index in [1.807, 2.05) is 5.70 Å². The van der Waals surface area contributed by atoms with Crippen LogP contribution >= 0.6 is 0 Å². The Bertz CT molecular complexity index is 283. The minimum absolute atomic E-state index is 0.670. The summed E-state index contributed by atoms with van der Waals surface area (Å²) >= 11 is 0. The predicted octanol–water partition coefficient (Wildman–Crippen LogP) is 7.17. The predicted molar refractivity (Wildman–Crippen MR) is 110 cm³/mol. The molecule has 0 radical (unpaired) electrons. The van der Waals surface area contributed by atoms with Gasteiger partial charge in [0.25, 0.3) is 0 Å². The molecule has 0 saturated carbocycles. The fraction of sp³-hybridized carbons (Fsp3) is 0.905. The highest BCUT2D eigenvalue weighted by Gasteiger charge is 2.28. The molecular weight excluding hydrogens is 312 g/mol. The van der Waals surface area contributed by atoms with Crippen molar-refractivity contribution in [3.05, 3.63) is 12.3 Å². The van der Waals surface area contributed by atoms with E-state index >= 15 is 0 Å². The number of hydrogen-bond acceptors (Lipinski definition) is 2. The van der Waals surface area contributed by atoms with Gasteiger partial charge in [0.15, 0.2) is 0 Å². The van der Waals surface area contributed by atoms with E-state index < -0.39 is 8.56 Å². The average Bonchev–Trinajstić information content (AvgIpc) is 2.60. The first-order valence-corrected chi connectivity index (χ1v) is 12.9. The van der Waals surface area contributed by atoms with Crippen molar-refractivity contribution in [3.63, 3.8) is 0 Å². The molecule has 0 spiro atoms. The zero-order chi connectivity index (χ0) is 18.1. The second-order valence-corrected chi connectivity index (χ2v) is 10.3. The maximum atomic E-state index is 6.20. The molecule has 0 heterocycles. The summed E-state index contributed by atoms with van der Waals surface area (Å²) in [5, 5.41) is 0. The van der Waals surface area contributed by atoms with Gasteiger partial charge in [0.05, 0.1) is 0 Å². The Morgan fingerprint density at radius 2 is 1.42 bits per heavy atom. The van der Waals surface area contributed by atoms with E-state index in [9.17, 15) is 0 Å². The number of hydrogen-bond donors (Lipinski definition) is 0. The first-order valence-electron chi connectivity index (χ1n) is 10.5. The molecule has 0 rings (SSSR count). The smallest absolute Gasteiger partial charge is 0.361 e. The first kappa shape index (κ1) is 23.9. The Hall–Kier alpha value is -0.123. The van der Waals surface area contributed by atoms with Crippen molar-refractivity contribution >= 4 is 8.56 Å². The summed E-state index contributed by atoms with van der Waals surface area (Å²) in [5.74, 6) is 0.670. The van der Waals surface area contributed by atoms with E-state index in [4.69, 9.17) is 8.85 Å². The molecule has 2 nitrogen and oxygen atoms in total. The monoisotopic (exact) mass is 356 g/mol. The summed E-state index contributed by atoms with van der Waals surface area (Å²) in [6.45, 7) is 14.6. The molecule has 0 aliphatic carbocycles. The van der Waals surface area contributed by atoms with Crippen molar-refractivity contribution in [2.45, 2.75) is 104 Å². The third-order valence-electron chi connectivity index (χ3n) is 4.91. The normalized spacial score (nSPS) is 15.2. The van der Waals surface area contributed by atoms with E-state index in [1.165, 1.54) is 70.6 Å². The quantitative estimate of drug-likeness (QED) is 0.191. The van der Waals surface area contributed by atoms with E-state index in [-0.39, 0.29) is 0 Å². The van der Waals surface area contributed by atoms with Crippen molar-refractivity contribution < 1.29 is 8.85 Å². The highest BCUT2D eigenvalue weighted by atomic mass is 28.4. The van der Waals surface area contributed by atoms with Gasteiger partial charge < -0.3 is 8.85 Å². The van der Waals surface area contributed by atoms with E-state index in [0.717, 1.165) is 19.6 Å². The van der Waals surface area contributed by atoms with Gasteiger partial charge in [0.2, 0.25) is 0 Å². The van der Waals surface area contributed by atoms with E-state index in [2.05, 4.69) is 33.9 Å². The molecule has 0 N–H and O–H groups in total. The lowest BCUT2D eigenvalue weighted by Crippen LogP contribution is -2.38. The highest BCUT2D eigenvalue weighted by Crippen LogP contribution is 2.18. The minimum Gasteiger partial charge on any atom is -0.391 e.